The zero-order valence-corrected chi connectivity index (χ0v) is 13.5. The lowest BCUT2D eigenvalue weighted by Crippen LogP contribution is -2.37. The van der Waals surface area contributed by atoms with Crippen LogP contribution in [0.2, 0.25) is 0 Å². The van der Waals surface area contributed by atoms with Crippen molar-refractivity contribution in [2.45, 2.75) is 12.7 Å². The van der Waals surface area contributed by atoms with Crippen molar-refractivity contribution >= 4 is 15.7 Å². The van der Waals surface area contributed by atoms with E-state index in [1.165, 1.54) is 43.8 Å². The molecule has 0 unspecified atom stereocenters. The molecule has 24 heavy (non-hydrogen) atoms. The van der Waals surface area contributed by atoms with Crippen molar-refractivity contribution in [1.29, 1.82) is 0 Å². The maximum atomic E-state index is 12.6. The van der Waals surface area contributed by atoms with Gasteiger partial charge < -0.3 is 4.74 Å². The Morgan fingerprint density at radius 1 is 1.17 bits per heavy atom. The molecule has 0 radical (unpaired) electrons. The predicted octanol–water partition coefficient (Wildman–Crippen LogP) is 2.99. The molecule has 130 valence electrons. The lowest BCUT2D eigenvalue weighted by atomic mass is 10.2. The predicted molar refractivity (Wildman–Crippen MR) is 83.3 cm³/mol. The van der Waals surface area contributed by atoms with Gasteiger partial charge in [0.1, 0.15) is 5.75 Å². The standard InChI is InChI=1S/C15H15F3N2O3S/c1-23-14-6-4-13(5-7-14)20(10-12-3-2-8-19-9-12)24(21,22)11-15(16,17)18/h2-9H,10-11H2,1H3. The number of alkyl halides is 3. The van der Waals surface area contributed by atoms with Crippen LogP contribution in [0.15, 0.2) is 48.8 Å². The number of rotatable bonds is 6. The minimum Gasteiger partial charge on any atom is -0.497 e. The van der Waals surface area contributed by atoms with Crippen LogP contribution in [0.3, 0.4) is 0 Å². The van der Waals surface area contributed by atoms with Crippen molar-refractivity contribution in [3.05, 3.63) is 54.4 Å². The first-order valence-corrected chi connectivity index (χ1v) is 8.42. The van der Waals surface area contributed by atoms with E-state index >= 15 is 0 Å². The molecule has 1 heterocycles. The summed E-state index contributed by atoms with van der Waals surface area (Å²) in [5.74, 6) is -1.47. The van der Waals surface area contributed by atoms with Gasteiger partial charge >= 0.3 is 6.18 Å². The Bertz CT molecular complexity index is 763. The molecule has 0 aliphatic rings. The van der Waals surface area contributed by atoms with Gasteiger partial charge in [0, 0.05) is 12.4 Å². The first-order chi connectivity index (χ1) is 11.2. The second-order valence-corrected chi connectivity index (χ2v) is 6.83. The van der Waals surface area contributed by atoms with Crippen LogP contribution in [-0.4, -0.2) is 32.4 Å². The minimum absolute atomic E-state index is 0.115. The Hall–Kier alpha value is -2.29. The number of anilines is 1. The van der Waals surface area contributed by atoms with Crippen LogP contribution in [0.5, 0.6) is 5.75 Å². The molecule has 0 saturated carbocycles. The SMILES string of the molecule is COc1ccc(N(Cc2cccnc2)S(=O)(=O)CC(F)(F)F)cc1. The number of aromatic nitrogens is 1. The van der Waals surface area contributed by atoms with Gasteiger partial charge in [-0.15, -0.1) is 0 Å². The van der Waals surface area contributed by atoms with Gasteiger partial charge in [0.2, 0.25) is 10.0 Å². The average Bonchev–Trinajstić information content (AvgIpc) is 2.51. The van der Waals surface area contributed by atoms with Crippen molar-refractivity contribution in [2.24, 2.45) is 0 Å². The van der Waals surface area contributed by atoms with E-state index in [2.05, 4.69) is 4.98 Å². The first kappa shape index (κ1) is 18.1. The van der Waals surface area contributed by atoms with Crippen molar-refractivity contribution < 1.29 is 26.3 Å². The molecule has 0 N–H and O–H groups in total. The molecule has 0 aliphatic carbocycles. The van der Waals surface area contributed by atoms with Crippen LogP contribution in [0.25, 0.3) is 0 Å². The number of benzene rings is 1. The Morgan fingerprint density at radius 3 is 2.33 bits per heavy atom. The number of methoxy groups -OCH3 is 1. The second-order valence-electron chi connectivity index (χ2n) is 4.94. The molecule has 1 aromatic heterocycles. The van der Waals surface area contributed by atoms with Crippen LogP contribution in [0, 0.1) is 0 Å². The summed E-state index contributed by atoms with van der Waals surface area (Å²) in [6.45, 7) is -0.251. The van der Waals surface area contributed by atoms with E-state index in [4.69, 9.17) is 4.74 Å². The molecule has 2 aromatic rings. The second kappa shape index (κ2) is 7.08. The number of halogens is 3. The van der Waals surface area contributed by atoms with E-state index in [-0.39, 0.29) is 12.2 Å². The van der Waals surface area contributed by atoms with Gasteiger partial charge in [-0.25, -0.2) is 8.42 Å². The number of nitrogens with zero attached hydrogens (tertiary/aromatic N) is 2. The third-order valence-corrected chi connectivity index (χ3v) is 4.79. The van der Waals surface area contributed by atoms with Crippen molar-refractivity contribution in [1.82, 2.24) is 4.98 Å². The van der Waals surface area contributed by atoms with Crippen LogP contribution >= 0.6 is 0 Å². The smallest absolute Gasteiger partial charge is 0.404 e. The van der Waals surface area contributed by atoms with Gasteiger partial charge in [0.15, 0.2) is 5.75 Å². The molecule has 9 heteroatoms. The van der Waals surface area contributed by atoms with E-state index in [1.807, 2.05) is 0 Å². The molecule has 0 atom stereocenters. The monoisotopic (exact) mass is 360 g/mol. The van der Waals surface area contributed by atoms with Gasteiger partial charge in [0.25, 0.3) is 0 Å². The van der Waals surface area contributed by atoms with Gasteiger partial charge in [-0.2, -0.15) is 13.2 Å². The number of ether oxygens (including phenoxy) is 1. The Labute approximate surface area is 137 Å². The lowest BCUT2D eigenvalue weighted by Gasteiger charge is -2.25. The summed E-state index contributed by atoms with van der Waals surface area (Å²) in [4.78, 5) is 3.85. The Morgan fingerprint density at radius 2 is 1.83 bits per heavy atom. The molecule has 0 aliphatic heterocycles. The lowest BCUT2D eigenvalue weighted by molar-refractivity contribution is -0.106. The molecule has 0 bridgehead atoms. The summed E-state index contributed by atoms with van der Waals surface area (Å²) in [5.41, 5.74) is 0.586. The fourth-order valence-electron chi connectivity index (χ4n) is 2.04. The topological polar surface area (TPSA) is 59.5 Å². The summed E-state index contributed by atoms with van der Waals surface area (Å²) >= 11 is 0. The van der Waals surface area contributed by atoms with Crippen molar-refractivity contribution in [3.63, 3.8) is 0 Å². The molecule has 0 spiro atoms. The third kappa shape index (κ3) is 4.85. The highest BCUT2D eigenvalue weighted by Crippen LogP contribution is 2.27. The van der Waals surface area contributed by atoms with E-state index in [0.717, 1.165) is 4.31 Å². The number of hydrogen-bond donors (Lipinski definition) is 0. The van der Waals surface area contributed by atoms with Gasteiger partial charge in [-0.05, 0) is 35.9 Å². The Balaban J connectivity index is 2.40. The third-order valence-electron chi connectivity index (χ3n) is 3.09. The maximum absolute atomic E-state index is 12.6. The number of pyridine rings is 1. The van der Waals surface area contributed by atoms with Crippen LogP contribution in [0.1, 0.15) is 5.56 Å². The van der Waals surface area contributed by atoms with E-state index in [0.29, 0.717) is 11.3 Å². The van der Waals surface area contributed by atoms with Crippen LogP contribution < -0.4 is 9.04 Å². The molecule has 2 rings (SSSR count). The number of sulfonamides is 1. The molecule has 5 nitrogen and oxygen atoms in total. The normalized spacial score (nSPS) is 12.0. The average molecular weight is 360 g/mol. The van der Waals surface area contributed by atoms with Crippen LogP contribution in [0.4, 0.5) is 18.9 Å². The zero-order chi connectivity index (χ0) is 17.8. The van der Waals surface area contributed by atoms with E-state index < -0.39 is 22.0 Å². The molecule has 0 fully saturated rings. The summed E-state index contributed by atoms with van der Waals surface area (Å²) in [6.07, 6.45) is -1.94. The van der Waals surface area contributed by atoms with Crippen molar-refractivity contribution in [3.8, 4) is 5.75 Å². The van der Waals surface area contributed by atoms with Gasteiger partial charge in [-0.3, -0.25) is 9.29 Å². The van der Waals surface area contributed by atoms with Crippen molar-refractivity contribution in [2.75, 3.05) is 17.2 Å². The molecule has 0 saturated heterocycles. The number of hydrogen-bond acceptors (Lipinski definition) is 4. The fourth-order valence-corrected chi connectivity index (χ4v) is 3.40. The highest BCUT2D eigenvalue weighted by Gasteiger charge is 2.38. The highest BCUT2D eigenvalue weighted by atomic mass is 32.2. The van der Waals surface area contributed by atoms with Crippen LogP contribution in [-0.2, 0) is 16.6 Å². The fraction of sp³-hybridized carbons (Fsp3) is 0.267. The summed E-state index contributed by atoms with van der Waals surface area (Å²) in [6, 6.07) is 8.92. The van der Waals surface area contributed by atoms with E-state index in [1.54, 1.807) is 12.1 Å². The van der Waals surface area contributed by atoms with Gasteiger partial charge in [-0.1, -0.05) is 6.07 Å². The van der Waals surface area contributed by atoms with E-state index in [9.17, 15) is 21.6 Å². The highest BCUT2D eigenvalue weighted by molar-refractivity contribution is 7.92. The molecule has 0 amide bonds. The van der Waals surface area contributed by atoms with Gasteiger partial charge in [0.05, 0.1) is 19.3 Å². The summed E-state index contributed by atoms with van der Waals surface area (Å²) in [7, 11) is -3.18. The zero-order valence-electron chi connectivity index (χ0n) is 12.7. The molecule has 1 aromatic carbocycles. The molecular weight excluding hydrogens is 345 g/mol. The minimum atomic E-state index is -4.83. The maximum Gasteiger partial charge on any atom is 0.404 e. The molecular formula is C15H15F3N2O3S. The largest absolute Gasteiger partial charge is 0.497 e. The quantitative estimate of drug-likeness (QED) is 0.795. The Kier molecular flexibility index (Phi) is 5.33. The summed E-state index contributed by atoms with van der Waals surface area (Å²) < 4.78 is 68.2. The first-order valence-electron chi connectivity index (χ1n) is 6.81. The summed E-state index contributed by atoms with van der Waals surface area (Å²) in [5, 5.41) is 0.